The Hall–Kier alpha value is -2.56. The predicted octanol–water partition coefficient (Wildman–Crippen LogP) is 5.04. The summed E-state index contributed by atoms with van der Waals surface area (Å²) in [4.78, 5) is 27.1. The van der Waals surface area contributed by atoms with Crippen molar-refractivity contribution < 1.29 is 4.79 Å². The van der Waals surface area contributed by atoms with E-state index in [4.69, 9.17) is 0 Å². The van der Waals surface area contributed by atoms with E-state index in [1.165, 1.54) is 20.9 Å². The van der Waals surface area contributed by atoms with Gasteiger partial charge in [0.1, 0.15) is 0 Å². The monoisotopic (exact) mass is 471 g/mol. The van der Waals surface area contributed by atoms with Crippen LogP contribution >= 0.6 is 34.4 Å². The molecule has 0 aliphatic heterocycles. The largest absolute Gasteiger partial charge is 0.295 e. The Labute approximate surface area is 191 Å². The number of carbonyl (C=O) groups is 1. The van der Waals surface area contributed by atoms with Crippen molar-refractivity contribution in [3.8, 4) is 0 Å². The lowest BCUT2D eigenvalue weighted by atomic mass is 10.1. The summed E-state index contributed by atoms with van der Waals surface area (Å²) in [6, 6.07) is 11.2. The van der Waals surface area contributed by atoms with Crippen LogP contribution in [-0.4, -0.2) is 25.9 Å². The van der Waals surface area contributed by atoms with Gasteiger partial charge in [-0.25, -0.2) is 4.68 Å². The molecule has 10 heteroatoms. The van der Waals surface area contributed by atoms with Crippen molar-refractivity contribution in [3.05, 3.63) is 62.7 Å². The minimum absolute atomic E-state index is 0.175. The van der Waals surface area contributed by atoms with Crippen LogP contribution in [0.15, 0.2) is 50.9 Å². The second-order valence-electron chi connectivity index (χ2n) is 6.82. The number of benzene rings is 1. The van der Waals surface area contributed by atoms with Gasteiger partial charge in [-0.15, -0.1) is 21.5 Å². The smallest absolute Gasteiger partial charge is 0.278 e. The van der Waals surface area contributed by atoms with Crippen LogP contribution in [0, 0.1) is 0 Å². The van der Waals surface area contributed by atoms with Gasteiger partial charge in [0.15, 0.2) is 10.0 Å². The Morgan fingerprint density at radius 1 is 1.13 bits per heavy atom. The van der Waals surface area contributed by atoms with Crippen LogP contribution in [0.25, 0.3) is 10.8 Å². The van der Waals surface area contributed by atoms with E-state index in [9.17, 15) is 9.59 Å². The van der Waals surface area contributed by atoms with E-state index in [-0.39, 0.29) is 11.3 Å². The minimum Gasteiger partial charge on any atom is -0.295 e. The highest BCUT2D eigenvalue weighted by Gasteiger charge is 2.18. The van der Waals surface area contributed by atoms with Crippen molar-refractivity contribution in [2.24, 2.45) is 0 Å². The van der Waals surface area contributed by atoms with Crippen LogP contribution < -0.4 is 10.9 Å². The number of unbranched alkanes of at least 4 members (excludes halogenated alkanes) is 2. The summed E-state index contributed by atoms with van der Waals surface area (Å²) in [5.41, 5.74) is 0.0427. The molecule has 4 rings (SSSR count). The highest BCUT2D eigenvalue weighted by Crippen LogP contribution is 2.29. The fraction of sp³-hybridized carbons (Fsp3) is 0.286. The Balaban J connectivity index is 1.54. The summed E-state index contributed by atoms with van der Waals surface area (Å²) in [6.07, 6.45) is 2.88. The molecule has 4 aromatic rings. The molecule has 0 aliphatic rings. The van der Waals surface area contributed by atoms with Gasteiger partial charge in [-0.1, -0.05) is 67.1 Å². The van der Waals surface area contributed by atoms with E-state index in [1.54, 1.807) is 47.4 Å². The van der Waals surface area contributed by atoms with Gasteiger partial charge in [-0.3, -0.25) is 14.9 Å². The Morgan fingerprint density at radius 3 is 2.74 bits per heavy atom. The van der Waals surface area contributed by atoms with Crippen molar-refractivity contribution in [2.75, 3.05) is 5.32 Å². The molecule has 0 fully saturated rings. The standard InChI is InChI=1S/C21H21N5O2S3/c1-2-3-6-11-26-19(28)16-10-5-4-9-15(16)17(25-26)18(27)22-20-23-24-21(31-20)30-13-14-8-7-12-29-14/h4-5,7-10,12H,2-3,6,11,13H2,1H3,(H,22,23,27). The van der Waals surface area contributed by atoms with Crippen LogP contribution in [-0.2, 0) is 12.3 Å². The number of nitrogens with one attached hydrogen (secondary N) is 1. The quantitative estimate of drug-likeness (QED) is 0.209. The summed E-state index contributed by atoms with van der Waals surface area (Å²) >= 11 is 4.60. The normalized spacial score (nSPS) is 11.1. The van der Waals surface area contributed by atoms with Gasteiger partial charge in [0, 0.05) is 22.6 Å². The van der Waals surface area contributed by atoms with Crippen molar-refractivity contribution in [1.82, 2.24) is 20.0 Å². The molecule has 0 aliphatic carbocycles. The average molecular weight is 472 g/mol. The summed E-state index contributed by atoms with van der Waals surface area (Å²) < 4.78 is 2.18. The summed E-state index contributed by atoms with van der Waals surface area (Å²) in [6.45, 7) is 2.59. The van der Waals surface area contributed by atoms with Crippen LogP contribution in [0.5, 0.6) is 0 Å². The molecule has 1 N–H and O–H groups in total. The van der Waals surface area contributed by atoms with Gasteiger partial charge in [-0.05, 0) is 23.9 Å². The maximum atomic E-state index is 13.0. The van der Waals surface area contributed by atoms with Crippen LogP contribution in [0.4, 0.5) is 5.13 Å². The molecule has 0 bridgehead atoms. The van der Waals surface area contributed by atoms with Crippen molar-refractivity contribution in [3.63, 3.8) is 0 Å². The third-order valence-corrected chi connectivity index (χ3v) is 7.68. The first kappa shape index (κ1) is 21.7. The van der Waals surface area contributed by atoms with Gasteiger partial charge in [-0.2, -0.15) is 5.10 Å². The highest BCUT2D eigenvalue weighted by molar-refractivity contribution is 8.00. The number of nitrogens with zero attached hydrogens (tertiary/aromatic N) is 4. The van der Waals surface area contributed by atoms with E-state index < -0.39 is 5.91 Å². The predicted molar refractivity (Wildman–Crippen MR) is 127 cm³/mol. The molecule has 0 radical (unpaired) electrons. The lowest BCUT2D eigenvalue weighted by Gasteiger charge is -2.10. The van der Waals surface area contributed by atoms with Gasteiger partial charge < -0.3 is 0 Å². The van der Waals surface area contributed by atoms with E-state index in [2.05, 4.69) is 33.6 Å². The summed E-state index contributed by atoms with van der Waals surface area (Å²) in [5.74, 6) is 0.418. The number of carbonyl (C=O) groups excluding carboxylic acids is 1. The topological polar surface area (TPSA) is 89.8 Å². The molecule has 0 atom stereocenters. The van der Waals surface area contributed by atoms with Crippen molar-refractivity contribution in [1.29, 1.82) is 0 Å². The third kappa shape index (κ3) is 5.20. The fourth-order valence-electron chi connectivity index (χ4n) is 3.07. The zero-order valence-electron chi connectivity index (χ0n) is 16.9. The zero-order chi connectivity index (χ0) is 21.6. The molecule has 7 nitrogen and oxygen atoms in total. The number of thioether (sulfide) groups is 1. The Morgan fingerprint density at radius 2 is 1.97 bits per heavy atom. The fourth-order valence-corrected chi connectivity index (χ4v) is 5.59. The van der Waals surface area contributed by atoms with Gasteiger partial charge in [0.05, 0.1) is 5.39 Å². The molecule has 0 saturated carbocycles. The number of rotatable bonds is 9. The van der Waals surface area contributed by atoms with Crippen LogP contribution in [0.2, 0.25) is 0 Å². The lowest BCUT2D eigenvalue weighted by Crippen LogP contribution is -2.27. The van der Waals surface area contributed by atoms with E-state index in [0.29, 0.717) is 22.4 Å². The first-order valence-corrected chi connectivity index (χ1v) is 12.6. The number of amides is 1. The number of hydrogen-bond donors (Lipinski definition) is 1. The second kappa shape index (κ2) is 10.2. The van der Waals surface area contributed by atoms with Crippen LogP contribution in [0.3, 0.4) is 0 Å². The molecular formula is C21H21N5O2S3. The van der Waals surface area contributed by atoms with Crippen LogP contribution in [0.1, 0.15) is 41.6 Å². The molecule has 0 unspecified atom stereocenters. The lowest BCUT2D eigenvalue weighted by molar-refractivity contribution is 0.102. The SMILES string of the molecule is CCCCCn1nc(C(=O)Nc2nnc(SCc3cccs3)s2)c2ccccc2c1=O. The van der Waals surface area contributed by atoms with E-state index in [1.807, 2.05) is 11.4 Å². The van der Waals surface area contributed by atoms with Crippen molar-refractivity contribution >= 4 is 56.2 Å². The number of anilines is 1. The average Bonchev–Trinajstić information content (AvgIpc) is 3.46. The first-order chi connectivity index (χ1) is 15.2. The van der Waals surface area contributed by atoms with E-state index in [0.717, 1.165) is 29.4 Å². The maximum absolute atomic E-state index is 13.0. The number of aromatic nitrogens is 4. The minimum atomic E-state index is -0.397. The number of fused-ring (bicyclic) bond motifs is 1. The second-order valence-corrected chi connectivity index (χ2v) is 10.1. The molecule has 1 amide bonds. The molecule has 3 heterocycles. The molecule has 1 aromatic carbocycles. The zero-order valence-corrected chi connectivity index (χ0v) is 19.4. The molecule has 160 valence electrons. The maximum Gasteiger partial charge on any atom is 0.278 e. The first-order valence-electron chi connectivity index (χ1n) is 9.95. The van der Waals surface area contributed by atoms with Gasteiger partial charge in [0.2, 0.25) is 5.13 Å². The Kier molecular flexibility index (Phi) is 7.10. The highest BCUT2D eigenvalue weighted by atomic mass is 32.2. The number of hydrogen-bond acceptors (Lipinski definition) is 8. The van der Waals surface area contributed by atoms with Gasteiger partial charge >= 0.3 is 0 Å². The molecule has 0 spiro atoms. The summed E-state index contributed by atoms with van der Waals surface area (Å²) in [5, 5.41) is 18.9. The summed E-state index contributed by atoms with van der Waals surface area (Å²) in [7, 11) is 0. The number of thiophene rings is 1. The Bertz CT molecular complexity index is 1230. The van der Waals surface area contributed by atoms with E-state index >= 15 is 0 Å². The molecule has 3 aromatic heterocycles. The van der Waals surface area contributed by atoms with Crippen molar-refractivity contribution in [2.45, 2.75) is 42.8 Å². The molecule has 31 heavy (non-hydrogen) atoms. The molecule has 0 saturated heterocycles. The van der Waals surface area contributed by atoms with Gasteiger partial charge in [0.25, 0.3) is 11.5 Å². The molecular weight excluding hydrogens is 450 g/mol. The third-order valence-electron chi connectivity index (χ3n) is 4.60. The number of aryl methyl sites for hydroxylation is 1.